The third-order valence-corrected chi connectivity index (χ3v) is 6.23. The van der Waals surface area contributed by atoms with Gasteiger partial charge in [-0.05, 0) is 52.9 Å². The molecule has 0 radical (unpaired) electrons. The first kappa shape index (κ1) is 24.1. The summed E-state index contributed by atoms with van der Waals surface area (Å²) in [5.41, 5.74) is 2.74. The summed E-state index contributed by atoms with van der Waals surface area (Å²) in [6.07, 6.45) is 0. The maximum absolute atomic E-state index is 13.3. The Labute approximate surface area is 205 Å². The Morgan fingerprint density at radius 2 is 1.49 bits per heavy atom. The van der Waals surface area contributed by atoms with Crippen molar-refractivity contribution in [1.29, 1.82) is 0 Å². The first-order valence-corrected chi connectivity index (χ1v) is 11.4. The molecular formula is C29H29NO5. The summed E-state index contributed by atoms with van der Waals surface area (Å²) in [6.45, 7) is 6.36. The SMILES string of the molecule is COc1ccc(N2C(=O)C(=O)/C(=C(\O)c3cccc(OC)c3)C2c2ccc(C(C)(C)C)cc2)cc1. The minimum atomic E-state index is -0.802. The van der Waals surface area contributed by atoms with E-state index in [1.807, 2.05) is 24.3 Å². The van der Waals surface area contributed by atoms with Gasteiger partial charge < -0.3 is 14.6 Å². The number of amides is 1. The monoisotopic (exact) mass is 471 g/mol. The summed E-state index contributed by atoms with van der Waals surface area (Å²) >= 11 is 0. The van der Waals surface area contributed by atoms with Crippen LogP contribution in [0.2, 0.25) is 0 Å². The van der Waals surface area contributed by atoms with Crippen LogP contribution in [0.5, 0.6) is 11.5 Å². The van der Waals surface area contributed by atoms with E-state index in [2.05, 4.69) is 20.8 Å². The van der Waals surface area contributed by atoms with E-state index in [1.54, 1.807) is 55.6 Å². The zero-order valence-electron chi connectivity index (χ0n) is 20.5. The van der Waals surface area contributed by atoms with Crippen LogP contribution in [0.4, 0.5) is 5.69 Å². The van der Waals surface area contributed by atoms with E-state index in [9.17, 15) is 14.7 Å². The van der Waals surface area contributed by atoms with Crippen LogP contribution in [-0.4, -0.2) is 31.0 Å². The third kappa shape index (κ3) is 4.52. The Morgan fingerprint density at radius 1 is 0.857 bits per heavy atom. The summed E-state index contributed by atoms with van der Waals surface area (Å²) in [5.74, 6) is -0.531. The number of aliphatic hydroxyl groups excluding tert-OH is 1. The number of hydrogen-bond acceptors (Lipinski definition) is 5. The summed E-state index contributed by atoms with van der Waals surface area (Å²) in [5, 5.41) is 11.3. The molecule has 6 nitrogen and oxygen atoms in total. The van der Waals surface area contributed by atoms with Crippen LogP contribution in [0.15, 0.2) is 78.4 Å². The fourth-order valence-electron chi connectivity index (χ4n) is 4.25. The zero-order valence-corrected chi connectivity index (χ0v) is 20.5. The average Bonchev–Trinajstić information content (AvgIpc) is 3.13. The second-order valence-corrected chi connectivity index (χ2v) is 9.47. The lowest BCUT2D eigenvalue weighted by molar-refractivity contribution is -0.132. The van der Waals surface area contributed by atoms with E-state index >= 15 is 0 Å². The van der Waals surface area contributed by atoms with Gasteiger partial charge in [0.05, 0.1) is 25.8 Å². The molecule has 1 aliphatic heterocycles. The van der Waals surface area contributed by atoms with E-state index in [0.29, 0.717) is 22.7 Å². The van der Waals surface area contributed by atoms with Crippen molar-refractivity contribution in [3.05, 3.63) is 95.1 Å². The van der Waals surface area contributed by atoms with Gasteiger partial charge in [-0.25, -0.2) is 0 Å². The van der Waals surface area contributed by atoms with E-state index in [-0.39, 0.29) is 16.7 Å². The molecule has 1 saturated heterocycles. The molecule has 0 saturated carbocycles. The van der Waals surface area contributed by atoms with Gasteiger partial charge in [0, 0.05) is 11.3 Å². The molecule has 4 rings (SSSR count). The largest absolute Gasteiger partial charge is 0.507 e. The standard InChI is InChI=1S/C29H29NO5/c1-29(2,3)20-11-9-18(10-12-20)25-24(26(31)19-7-6-8-23(17-19)35-5)27(32)28(33)30(25)21-13-15-22(34-4)16-14-21/h6-17,25,31H,1-5H3/b26-24-. The number of ketones is 1. The summed E-state index contributed by atoms with van der Waals surface area (Å²) < 4.78 is 10.5. The highest BCUT2D eigenvalue weighted by atomic mass is 16.5. The van der Waals surface area contributed by atoms with E-state index < -0.39 is 17.7 Å². The lowest BCUT2D eigenvalue weighted by Crippen LogP contribution is -2.29. The fourth-order valence-corrected chi connectivity index (χ4v) is 4.25. The van der Waals surface area contributed by atoms with Gasteiger partial charge in [-0.15, -0.1) is 0 Å². The molecule has 3 aromatic carbocycles. The lowest BCUT2D eigenvalue weighted by atomic mass is 9.85. The maximum atomic E-state index is 13.3. The second-order valence-electron chi connectivity index (χ2n) is 9.47. The predicted molar refractivity (Wildman–Crippen MR) is 136 cm³/mol. The average molecular weight is 472 g/mol. The number of Topliss-reactive ketones (excluding diaryl/α,β-unsaturated/α-hetero) is 1. The van der Waals surface area contributed by atoms with Crippen molar-refractivity contribution >= 4 is 23.1 Å². The molecule has 35 heavy (non-hydrogen) atoms. The number of carbonyl (C=O) groups is 2. The number of carbonyl (C=O) groups excluding carboxylic acids is 2. The molecule has 180 valence electrons. The Bertz CT molecular complexity index is 1280. The van der Waals surface area contributed by atoms with Crippen LogP contribution in [0.3, 0.4) is 0 Å². The normalized spacial score (nSPS) is 17.5. The van der Waals surface area contributed by atoms with Gasteiger partial charge in [-0.1, -0.05) is 57.2 Å². The molecule has 1 fully saturated rings. The van der Waals surface area contributed by atoms with Crippen molar-refractivity contribution in [1.82, 2.24) is 0 Å². The molecule has 1 aliphatic rings. The molecule has 0 bridgehead atoms. The molecule has 6 heteroatoms. The van der Waals surface area contributed by atoms with Crippen LogP contribution in [-0.2, 0) is 15.0 Å². The number of aliphatic hydroxyl groups is 1. The molecule has 0 aliphatic carbocycles. The highest BCUT2D eigenvalue weighted by molar-refractivity contribution is 6.51. The van der Waals surface area contributed by atoms with Gasteiger partial charge in [0.1, 0.15) is 17.3 Å². The number of rotatable bonds is 5. The Hall–Kier alpha value is -4.06. The Kier molecular flexibility index (Phi) is 6.39. The molecule has 0 spiro atoms. The van der Waals surface area contributed by atoms with Gasteiger partial charge in [-0.2, -0.15) is 0 Å². The van der Waals surface area contributed by atoms with Crippen molar-refractivity contribution in [3.63, 3.8) is 0 Å². The van der Waals surface area contributed by atoms with Crippen LogP contribution in [0.1, 0.15) is 43.5 Å². The van der Waals surface area contributed by atoms with Gasteiger partial charge in [0.25, 0.3) is 11.7 Å². The number of ether oxygens (including phenoxy) is 2. The van der Waals surface area contributed by atoms with Crippen molar-refractivity contribution in [2.75, 3.05) is 19.1 Å². The number of hydrogen-bond donors (Lipinski definition) is 1. The molecule has 1 amide bonds. The number of benzene rings is 3. The summed E-state index contributed by atoms with van der Waals surface area (Å²) in [7, 11) is 3.09. The Morgan fingerprint density at radius 3 is 2.06 bits per heavy atom. The summed E-state index contributed by atoms with van der Waals surface area (Å²) in [6, 6.07) is 20.7. The minimum Gasteiger partial charge on any atom is -0.507 e. The topological polar surface area (TPSA) is 76.1 Å². The van der Waals surface area contributed by atoms with Gasteiger partial charge >= 0.3 is 0 Å². The smallest absolute Gasteiger partial charge is 0.300 e. The van der Waals surface area contributed by atoms with Crippen molar-refractivity contribution in [3.8, 4) is 11.5 Å². The molecule has 1 unspecified atom stereocenters. The predicted octanol–water partition coefficient (Wildman–Crippen LogP) is 5.63. The first-order chi connectivity index (χ1) is 16.7. The maximum Gasteiger partial charge on any atom is 0.300 e. The molecule has 1 heterocycles. The highest BCUT2D eigenvalue weighted by Crippen LogP contribution is 2.43. The van der Waals surface area contributed by atoms with Crippen LogP contribution in [0.25, 0.3) is 5.76 Å². The van der Waals surface area contributed by atoms with Gasteiger partial charge in [0.2, 0.25) is 0 Å². The fraction of sp³-hybridized carbons (Fsp3) is 0.241. The van der Waals surface area contributed by atoms with E-state index in [1.165, 1.54) is 12.0 Å². The highest BCUT2D eigenvalue weighted by Gasteiger charge is 2.47. The number of nitrogens with zero attached hydrogens (tertiary/aromatic N) is 1. The number of anilines is 1. The van der Waals surface area contributed by atoms with Crippen molar-refractivity contribution in [2.24, 2.45) is 0 Å². The van der Waals surface area contributed by atoms with Crippen LogP contribution < -0.4 is 14.4 Å². The minimum absolute atomic E-state index is 0.0302. The van der Waals surface area contributed by atoms with E-state index in [4.69, 9.17) is 9.47 Å². The van der Waals surface area contributed by atoms with E-state index in [0.717, 1.165) is 11.1 Å². The Balaban J connectivity index is 1.91. The second kappa shape index (κ2) is 9.29. The molecule has 1 atom stereocenters. The third-order valence-electron chi connectivity index (χ3n) is 6.23. The van der Waals surface area contributed by atoms with Crippen LogP contribution in [0, 0.1) is 0 Å². The van der Waals surface area contributed by atoms with Crippen molar-refractivity contribution in [2.45, 2.75) is 32.2 Å². The van der Waals surface area contributed by atoms with Crippen molar-refractivity contribution < 1.29 is 24.2 Å². The number of methoxy groups -OCH3 is 2. The van der Waals surface area contributed by atoms with Gasteiger partial charge in [-0.3, -0.25) is 14.5 Å². The zero-order chi connectivity index (χ0) is 25.3. The molecule has 1 N–H and O–H groups in total. The molecular weight excluding hydrogens is 442 g/mol. The molecule has 3 aromatic rings. The quantitative estimate of drug-likeness (QED) is 0.297. The van der Waals surface area contributed by atoms with Gasteiger partial charge in [0.15, 0.2) is 0 Å². The lowest BCUT2D eigenvalue weighted by Gasteiger charge is -2.26. The summed E-state index contributed by atoms with van der Waals surface area (Å²) in [4.78, 5) is 28.1. The first-order valence-electron chi connectivity index (χ1n) is 11.4. The van der Waals surface area contributed by atoms with Crippen LogP contribution >= 0.6 is 0 Å². The molecule has 0 aromatic heterocycles.